The van der Waals surface area contributed by atoms with Crippen LogP contribution in [0.2, 0.25) is 0 Å². The maximum atomic E-state index is 13.6. The standard InChI is InChI=1S/C27H24FNO5/c1-33-21-13-8-17(16-22(21)34-2)14-15-29-24(18-9-11-20(28)12-10-18)23(26(31)27(29)32)25(30)19-6-4-3-5-7-19/h3-13,16,24,30H,14-15H2,1-2H3/t24-/m1/s1. The Morgan fingerprint density at radius 1 is 0.941 bits per heavy atom. The van der Waals surface area contributed by atoms with Crippen LogP contribution in [-0.4, -0.2) is 42.5 Å². The summed E-state index contributed by atoms with van der Waals surface area (Å²) in [4.78, 5) is 27.5. The smallest absolute Gasteiger partial charge is 0.295 e. The van der Waals surface area contributed by atoms with Crippen LogP contribution in [0.3, 0.4) is 0 Å². The summed E-state index contributed by atoms with van der Waals surface area (Å²) in [7, 11) is 3.09. The molecule has 174 valence electrons. The van der Waals surface area contributed by atoms with Crippen molar-refractivity contribution in [1.29, 1.82) is 0 Å². The second-order valence-corrected chi connectivity index (χ2v) is 7.85. The number of ether oxygens (including phenoxy) is 2. The predicted molar refractivity (Wildman–Crippen MR) is 125 cm³/mol. The van der Waals surface area contributed by atoms with Crippen LogP contribution in [0.5, 0.6) is 11.5 Å². The number of rotatable bonds is 7. The molecule has 1 amide bonds. The summed E-state index contributed by atoms with van der Waals surface area (Å²) < 4.78 is 24.2. The van der Waals surface area contributed by atoms with Crippen LogP contribution in [0.15, 0.2) is 78.4 Å². The van der Waals surface area contributed by atoms with Crippen LogP contribution in [0, 0.1) is 5.82 Å². The van der Waals surface area contributed by atoms with Gasteiger partial charge in [-0.3, -0.25) is 9.59 Å². The zero-order valence-corrected chi connectivity index (χ0v) is 18.8. The molecule has 0 spiro atoms. The molecule has 34 heavy (non-hydrogen) atoms. The number of carbonyl (C=O) groups excluding carboxylic acids is 2. The van der Waals surface area contributed by atoms with Crippen LogP contribution >= 0.6 is 0 Å². The molecule has 7 heteroatoms. The van der Waals surface area contributed by atoms with E-state index in [9.17, 15) is 19.1 Å². The van der Waals surface area contributed by atoms with E-state index in [2.05, 4.69) is 0 Å². The van der Waals surface area contributed by atoms with E-state index >= 15 is 0 Å². The summed E-state index contributed by atoms with van der Waals surface area (Å²) >= 11 is 0. The molecule has 0 aromatic heterocycles. The molecule has 0 aliphatic carbocycles. The fraction of sp³-hybridized carbons (Fsp3) is 0.185. The molecular formula is C27H24FNO5. The fourth-order valence-corrected chi connectivity index (χ4v) is 4.14. The van der Waals surface area contributed by atoms with Crippen molar-refractivity contribution in [2.75, 3.05) is 20.8 Å². The first kappa shape index (κ1) is 23.0. The molecule has 1 saturated heterocycles. The fourth-order valence-electron chi connectivity index (χ4n) is 4.14. The van der Waals surface area contributed by atoms with Crippen LogP contribution in [0.25, 0.3) is 5.76 Å². The third-order valence-corrected chi connectivity index (χ3v) is 5.86. The molecular weight excluding hydrogens is 437 g/mol. The average Bonchev–Trinajstić information content (AvgIpc) is 3.12. The molecule has 1 heterocycles. The lowest BCUT2D eigenvalue weighted by Gasteiger charge is -2.25. The van der Waals surface area contributed by atoms with E-state index in [1.54, 1.807) is 43.5 Å². The monoisotopic (exact) mass is 461 g/mol. The van der Waals surface area contributed by atoms with Crippen molar-refractivity contribution < 1.29 is 28.6 Å². The molecule has 3 aromatic carbocycles. The largest absolute Gasteiger partial charge is 0.507 e. The van der Waals surface area contributed by atoms with Crippen LogP contribution in [-0.2, 0) is 16.0 Å². The maximum absolute atomic E-state index is 13.6. The predicted octanol–water partition coefficient (Wildman–Crippen LogP) is 4.51. The number of carbonyl (C=O) groups is 2. The number of methoxy groups -OCH3 is 2. The lowest BCUT2D eigenvalue weighted by Crippen LogP contribution is -2.31. The number of halogens is 1. The molecule has 4 rings (SSSR count). The Hall–Kier alpha value is -4.13. The number of aliphatic hydroxyl groups excluding tert-OH is 1. The number of hydrogen-bond donors (Lipinski definition) is 1. The topological polar surface area (TPSA) is 76.1 Å². The van der Waals surface area contributed by atoms with Crippen molar-refractivity contribution in [2.24, 2.45) is 0 Å². The Bertz CT molecular complexity index is 1240. The molecule has 0 saturated carbocycles. The van der Waals surface area contributed by atoms with Gasteiger partial charge in [0.05, 0.1) is 25.8 Å². The van der Waals surface area contributed by atoms with Gasteiger partial charge in [-0.2, -0.15) is 0 Å². The second kappa shape index (κ2) is 9.79. The maximum Gasteiger partial charge on any atom is 0.295 e. The number of hydrogen-bond acceptors (Lipinski definition) is 5. The Balaban J connectivity index is 1.73. The molecule has 0 bridgehead atoms. The summed E-state index contributed by atoms with van der Waals surface area (Å²) in [5, 5.41) is 11.0. The van der Waals surface area contributed by atoms with E-state index in [1.165, 1.54) is 36.3 Å². The zero-order chi connectivity index (χ0) is 24.2. The third-order valence-electron chi connectivity index (χ3n) is 5.86. The van der Waals surface area contributed by atoms with Crippen molar-refractivity contribution in [3.05, 3.63) is 101 Å². The lowest BCUT2D eigenvalue weighted by molar-refractivity contribution is -0.139. The summed E-state index contributed by atoms with van der Waals surface area (Å²) in [6.07, 6.45) is 0.427. The molecule has 1 atom stereocenters. The van der Waals surface area contributed by atoms with Gasteiger partial charge in [0.2, 0.25) is 0 Å². The highest BCUT2D eigenvalue weighted by molar-refractivity contribution is 6.46. The van der Waals surface area contributed by atoms with Crippen molar-refractivity contribution in [2.45, 2.75) is 12.5 Å². The van der Waals surface area contributed by atoms with Gasteiger partial charge in [0.1, 0.15) is 11.6 Å². The van der Waals surface area contributed by atoms with Gasteiger partial charge in [-0.05, 0) is 41.8 Å². The highest BCUT2D eigenvalue weighted by Crippen LogP contribution is 2.39. The first-order valence-electron chi connectivity index (χ1n) is 10.7. The van der Waals surface area contributed by atoms with Crippen molar-refractivity contribution in [3.8, 4) is 11.5 Å². The Morgan fingerprint density at radius 2 is 1.62 bits per heavy atom. The van der Waals surface area contributed by atoms with Crippen LogP contribution < -0.4 is 9.47 Å². The summed E-state index contributed by atoms with van der Waals surface area (Å²) in [5.74, 6) is -1.05. The minimum absolute atomic E-state index is 0.0184. The van der Waals surface area contributed by atoms with Gasteiger partial charge in [-0.15, -0.1) is 0 Å². The molecule has 1 aliphatic heterocycles. The minimum Gasteiger partial charge on any atom is -0.507 e. The van der Waals surface area contributed by atoms with Gasteiger partial charge < -0.3 is 19.5 Å². The van der Waals surface area contributed by atoms with Crippen LogP contribution in [0.4, 0.5) is 4.39 Å². The number of amides is 1. The van der Waals surface area contributed by atoms with E-state index < -0.39 is 23.5 Å². The number of benzene rings is 3. The number of likely N-dealkylation sites (tertiary alicyclic amines) is 1. The molecule has 1 aliphatic rings. The number of aliphatic hydroxyl groups is 1. The zero-order valence-electron chi connectivity index (χ0n) is 18.8. The van der Waals surface area contributed by atoms with Crippen molar-refractivity contribution in [1.82, 2.24) is 4.90 Å². The van der Waals surface area contributed by atoms with E-state index in [1.807, 2.05) is 12.1 Å². The normalized spacial score (nSPS) is 17.1. The molecule has 1 N–H and O–H groups in total. The van der Waals surface area contributed by atoms with Crippen LogP contribution in [0.1, 0.15) is 22.7 Å². The van der Waals surface area contributed by atoms with E-state index in [0.717, 1.165) is 5.56 Å². The Labute approximate surface area is 196 Å². The second-order valence-electron chi connectivity index (χ2n) is 7.85. The number of nitrogens with zero attached hydrogens (tertiary/aromatic N) is 1. The first-order valence-corrected chi connectivity index (χ1v) is 10.7. The molecule has 1 fully saturated rings. The van der Waals surface area contributed by atoms with Gasteiger partial charge in [0, 0.05) is 12.1 Å². The van der Waals surface area contributed by atoms with E-state index in [0.29, 0.717) is 29.0 Å². The van der Waals surface area contributed by atoms with Crippen molar-refractivity contribution in [3.63, 3.8) is 0 Å². The Morgan fingerprint density at radius 3 is 2.26 bits per heavy atom. The number of Topliss-reactive ketones (excluding diaryl/α,β-unsaturated/α-hetero) is 1. The molecule has 3 aromatic rings. The first-order chi connectivity index (χ1) is 16.4. The summed E-state index contributed by atoms with van der Waals surface area (Å²) in [6.45, 7) is 0.202. The molecule has 0 unspecified atom stereocenters. The Kier molecular flexibility index (Phi) is 6.63. The quantitative estimate of drug-likeness (QED) is 0.318. The SMILES string of the molecule is COc1ccc(CCN2C(=O)C(=O)C(=C(O)c3ccccc3)[C@H]2c2ccc(F)cc2)cc1OC. The van der Waals surface area contributed by atoms with Gasteiger partial charge >= 0.3 is 0 Å². The van der Waals surface area contributed by atoms with Gasteiger partial charge in [-0.25, -0.2) is 4.39 Å². The third kappa shape index (κ3) is 4.37. The van der Waals surface area contributed by atoms with E-state index in [-0.39, 0.29) is 17.9 Å². The summed E-state index contributed by atoms with van der Waals surface area (Å²) in [5.41, 5.74) is 1.81. The van der Waals surface area contributed by atoms with Crippen molar-refractivity contribution >= 4 is 17.4 Å². The van der Waals surface area contributed by atoms with Gasteiger partial charge in [0.25, 0.3) is 11.7 Å². The highest BCUT2D eigenvalue weighted by Gasteiger charge is 2.45. The highest BCUT2D eigenvalue weighted by atomic mass is 19.1. The number of ketones is 1. The van der Waals surface area contributed by atoms with Gasteiger partial charge in [0.15, 0.2) is 11.5 Å². The summed E-state index contributed by atoms with van der Waals surface area (Å²) in [6, 6.07) is 18.7. The van der Waals surface area contributed by atoms with E-state index in [4.69, 9.17) is 9.47 Å². The molecule has 6 nitrogen and oxygen atoms in total. The lowest BCUT2D eigenvalue weighted by atomic mass is 9.95. The van der Waals surface area contributed by atoms with Gasteiger partial charge in [-0.1, -0.05) is 48.5 Å². The average molecular weight is 461 g/mol. The minimum atomic E-state index is -0.846. The molecule has 0 radical (unpaired) electrons.